The lowest BCUT2D eigenvalue weighted by atomic mass is 10.1. The van der Waals surface area contributed by atoms with Gasteiger partial charge >= 0.3 is 5.97 Å². The molecule has 0 heterocycles. The number of carbonyl (C=O) groups excluding carboxylic acids is 1. The maximum absolute atomic E-state index is 11.2. The van der Waals surface area contributed by atoms with Gasteiger partial charge in [0, 0.05) is 0 Å². The van der Waals surface area contributed by atoms with Crippen LogP contribution in [0.3, 0.4) is 0 Å². The van der Waals surface area contributed by atoms with E-state index in [9.17, 15) is 4.79 Å². The number of ether oxygens (including phenoxy) is 2. The average Bonchev–Trinajstić information content (AvgIpc) is 2.40. The third kappa shape index (κ3) is 4.45. The molecule has 1 rings (SSSR count). The zero-order chi connectivity index (χ0) is 13.4. The third-order valence-corrected chi connectivity index (χ3v) is 2.50. The van der Waals surface area contributed by atoms with Gasteiger partial charge in [0.2, 0.25) is 0 Å². The van der Waals surface area contributed by atoms with Crippen molar-refractivity contribution in [3.05, 3.63) is 53.3 Å². The van der Waals surface area contributed by atoms with Crippen LogP contribution in [-0.4, -0.2) is 20.2 Å². The van der Waals surface area contributed by atoms with Crippen LogP contribution in [0.4, 0.5) is 0 Å². The predicted molar refractivity (Wildman–Crippen MR) is 71.8 cm³/mol. The van der Waals surface area contributed by atoms with Crippen LogP contribution in [0.2, 0.25) is 0 Å². The van der Waals surface area contributed by atoms with E-state index in [4.69, 9.17) is 4.74 Å². The van der Waals surface area contributed by atoms with Crippen LogP contribution < -0.4 is 0 Å². The van der Waals surface area contributed by atoms with E-state index in [-0.39, 0.29) is 12.4 Å². The first-order valence-corrected chi connectivity index (χ1v) is 5.71. The van der Waals surface area contributed by atoms with Gasteiger partial charge in [-0.15, -0.1) is 0 Å². The zero-order valence-electron chi connectivity index (χ0n) is 11.0. The molecule has 0 saturated heterocycles. The molecule has 0 amide bonds. The molecule has 0 bridgehead atoms. The number of benzene rings is 1. The summed E-state index contributed by atoms with van der Waals surface area (Å²) in [6, 6.07) is 9.90. The summed E-state index contributed by atoms with van der Waals surface area (Å²) in [6.07, 6.45) is 4.03. The Balaban J connectivity index is 2.80. The number of esters is 1. The van der Waals surface area contributed by atoms with E-state index < -0.39 is 0 Å². The Morgan fingerprint density at radius 1 is 1.17 bits per heavy atom. The number of allylic oxidation sites excluding steroid dienone is 1. The van der Waals surface area contributed by atoms with E-state index in [1.807, 2.05) is 49.4 Å². The number of methoxy groups -OCH3 is 2. The minimum Gasteiger partial charge on any atom is -0.497 e. The van der Waals surface area contributed by atoms with Gasteiger partial charge in [0.15, 0.2) is 0 Å². The van der Waals surface area contributed by atoms with E-state index in [1.165, 1.54) is 7.11 Å². The summed E-state index contributed by atoms with van der Waals surface area (Å²) >= 11 is 0. The molecule has 0 aliphatic heterocycles. The number of hydrogen-bond acceptors (Lipinski definition) is 3. The van der Waals surface area contributed by atoms with Gasteiger partial charge in [-0.05, 0) is 24.1 Å². The van der Waals surface area contributed by atoms with E-state index in [1.54, 1.807) is 7.11 Å². The van der Waals surface area contributed by atoms with Crippen molar-refractivity contribution in [2.24, 2.45) is 0 Å². The SMILES string of the molecule is COC(=O)C/C(C)=C(/C=C/c1ccccc1)OC. The summed E-state index contributed by atoms with van der Waals surface area (Å²) in [5.41, 5.74) is 1.93. The Labute approximate surface area is 108 Å². The number of hydrogen-bond donors (Lipinski definition) is 0. The van der Waals surface area contributed by atoms with E-state index in [0.717, 1.165) is 11.1 Å². The van der Waals surface area contributed by atoms with Crippen molar-refractivity contribution in [3.8, 4) is 0 Å². The van der Waals surface area contributed by atoms with Gasteiger partial charge in [-0.2, -0.15) is 0 Å². The normalized spacial score (nSPS) is 12.2. The highest BCUT2D eigenvalue weighted by molar-refractivity contribution is 5.72. The summed E-state index contributed by atoms with van der Waals surface area (Å²) in [5, 5.41) is 0. The van der Waals surface area contributed by atoms with E-state index in [0.29, 0.717) is 5.76 Å². The smallest absolute Gasteiger partial charge is 0.309 e. The van der Waals surface area contributed by atoms with Crippen molar-refractivity contribution in [2.45, 2.75) is 13.3 Å². The Bertz CT molecular complexity index is 444. The lowest BCUT2D eigenvalue weighted by Crippen LogP contribution is -2.02. The van der Waals surface area contributed by atoms with Gasteiger partial charge in [-0.25, -0.2) is 0 Å². The maximum Gasteiger partial charge on any atom is 0.309 e. The summed E-state index contributed by atoms with van der Waals surface area (Å²) < 4.78 is 9.89. The summed E-state index contributed by atoms with van der Waals surface area (Å²) in [7, 11) is 2.97. The monoisotopic (exact) mass is 246 g/mol. The van der Waals surface area contributed by atoms with Gasteiger partial charge in [-0.3, -0.25) is 4.79 Å². The molecule has 0 N–H and O–H groups in total. The van der Waals surface area contributed by atoms with Gasteiger partial charge in [-0.1, -0.05) is 36.4 Å². The highest BCUT2D eigenvalue weighted by Crippen LogP contribution is 2.13. The summed E-state index contributed by atoms with van der Waals surface area (Å²) in [5.74, 6) is 0.416. The van der Waals surface area contributed by atoms with Crippen molar-refractivity contribution in [2.75, 3.05) is 14.2 Å². The molecular weight excluding hydrogens is 228 g/mol. The molecule has 96 valence electrons. The fraction of sp³-hybridized carbons (Fsp3) is 0.267. The molecule has 0 fully saturated rings. The van der Waals surface area contributed by atoms with E-state index >= 15 is 0 Å². The first-order valence-electron chi connectivity index (χ1n) is 5.71. The van der Waals surface area contributed by atoms with Crippen molar-refractivity contribution >= 4 is 12.0 Å². The second-order valence-corrected chi connectivity index (χ2v) is 3.85. The van der Waals surface area contributed by atoms with E-state index in [2.05, 4.69) is 4.74 Å². The molecule has 0 aliphatic rings. The average molecular weight is 246 g/mol. The zero-order valence-corrected chi connectivity index (χ0v) is 11.0. The molecule has 0 radical (unpaired) electrons. The minimum absolute atomic E-state index is 0.235. The van der Waals surface area contributed by atoms with Crippen molar-refractivity contribution in [1.82, 2.24) is 0 Å². The Morgan fingerprint density at radius 3 is 2.39 bits per heavy atom. The Hall–Kier alpha value is -2.03. The second-order valence-electron chi connectivity index (χ2n) is 3.85. The fourth-order valence-corrected chi connectivity index (χ4v) is 1.50. The fourth-order valence-electron chi connectivity index (χ4n) is 1.50. The summed E-state index contributed by atoms with van der Waals surface area (Å²) in [6.45, 7) is 1.85. The standard InChI is InChI=1S/C15H18O3/c1-12(11-15(16)18-3)14(17-2)10-9-13-7-5-4-6-8-13/h4-10H,11H2,1-3H3/b10-9+,14-12-. The largest absolute Gasteiger partial charge is 0.497 e. The van der Waals surface area contributed by atoms with Crippen LogP contribution in [0.1, 0.15) is 18.9 Å². The van der Waals surface area contributed by atoms with Crippen molar-refractivity contribution in [1.29, 1.82) is 0 Å². The quantitative estimate of drug-likeness (QED) is 0.455. The molecule has 0 aliphatic carbocycles. The molecule has 0 unspecified atom stereocenters. The first kappa shape index (κ1) is 14.0. The predicted octanol–water partition coefficient (Wildman–Crippen LogP) is 3.18. The van der Waals surface area contributed by atoms with Crippen LogP contribution >= 0.6 is 0 Å². The lowest BCUT2D eigenvalue weighted by molar-refractivity contribution is -0.139. The molecule has 3 nitrogen and oxygen atoms in total. The molecule has 3 heteroatoms. The molecule has 0 spiro atoms. The van der Waals surface area contributed by atoms with Crippen molar-refractivity contribution in [3.63, 3.8) is 0 Å². The highest BCUT2D eigenvalue weighted by atomic mass is 16.5. The molecule has 0 saturated carbocycles. The Morgan fingerprint density at radius 2 is 1.83 bits per heavy atom. The minimum atomic E-state index is -0.268. The molecule has 18 heavy (non-hydrogen) atoms. The van der Waals surface area contributed by atoms with Crippen LogP contribution in [0, 0.1) is 0 Å². The van der Waals surface area contributed by atoms with Gasteiger partial charge in [0.25, 0.3) is 0 Å². The molecule has 0 aromatic heterocycles. The third-order valence-electron chi connectivity index (χ3n) is 2.50. The summed E-state index contributed by atoms with van der Waals surface area (Å²) in [4.78, 5) is 11.2. The van der Waals surface area contributed by atoms with Gasteiger partial charge < -0.3 is 9.47 Å². The second kappa shape index (κ2) is 7.33. The topological polar surface area (TPSA) is 35.5 Å². The molecule has 1 aromatic rings. The molecular formula is C15H18O3. The Kier molecular flexibility index (Phi) is 5.71. The van der Waals surface area contributed by atoms with Crippen molar-refractivity contribution < 1.29 is 14.3 Å². The van der Waals surface area contributed by atoms with Crippen LogP contribution in [0.25, 0.3) is 6.08 Å². The van der Waals surface area contributed by atoms with Crippen LogP contribution in [-0.2, 0) is 14.3 Å². The van der Waals surface area contributed by atoms with Crippen LogP contribution in [0.15, 0.2) is 47.7 Å². The lowest BCUT2D eigenvalue weighted by Gasteiger charge is -2.06. The van der Waals surface area contributed by atoms with Crippen LogP contribution in [0.5, 0.6) is 0 Å². The first-order chi connectivity index (χ1) is 8.67. The van der Waals surface area contributed by atoms with Gasteiger partial charge in [0.05, 0.1) is 20.6 Å². The maximum atomic E-state index is 11.2. The molecule has 0 atom stereocenters. The number of carbonyl (C=O) groups is 1. The van der Waals surface area contributed by atoms with Gasteiger partial charge in [0.1, 0.15) is 5.76 Å². The molecule has 1 aromatic carbocycles. The highest BCUT2D eigenvalue weighted by Gasteiger charge is 2.06. The number of rotatable bonds is 5.